The van der Waals surface area contributed by atoms with Gasteiger partial charge in [-0.3, -0.25) is 4.79 Å². The molecule has 1 unspecified atom stereocenters. The molecule has 1 aromatic heterocycles. The largest absolute Gasteiger partial charge is 0.476 e. The van der Waals surface area contributed by atoms with E-state index in [-0.39, 0.29) is 5.69 Å². The van der Waals surface area contributed by atoms with Gasteiger partial charge in [-0.05, 0) is 61.7 Å². The zero-order valence-electron chi connectivity index (χ0n) is 27.7. The fourth-order valence-electron chi connectivity index (χ4n) is 5.02. The van der Waals surface area contributed by atoms with Crippen LogP contribution < -0.4 is 10.1 Å². The van der Waals surface area contributed by atoms with E-state index in [1.165, 1.54) is 18.3 Å². The van der Waals surface area contributed by atoms with Gasteiger partial charge in [-0.2, -0.15) is 0 Å². The summed E-state index contributed by atoms with van der Waals surface area (Å²) in [6.07, 6.45) is 0. The molecule has 0 bridgehead atoms. The van der Waals surface area contributed by atoms with Gasteiger partial charge in [0.05, 0.1) is 0 Å². The number of carbonyl (C=O) groups is 3. The van der Waals surface area contributed by atoms with E-state index in [1.54, 1.807) is 50.4 Å². The highest BCUT2D eigenvalue weighted by molar-refractivity contribution is 8.00. The number of benzene rings is 4. The lowest BCUT2D eigenvalue weighted by Gasteiger charge is -2.36. The van der Waals surface area contributed by atoms with Gasteiger partial charge in [0.2, 0.25) is 5.71 Å². The van der Waals surface area contributed by atoms with Gasteiger partial charge >= 0.3 is 17.9 Å². The molecule has 0 fully saturated rings. The number of thioether (sulfide) groups is 1. The fraction of sp³-hybridized carbons (Fsp3) is 0.184. The molecule has 50 heavy (non-hydrogen) atoms. The van der Waals surface area contributed by atoms with Gasteiger partial charge < -0.3 is 24.7 Å². The minimum absolute atomic E-state index is 0.0340. The predicted molar refractivity (Wildman–Crippen MR) is 193 cm³/mol. The van der Waals surface area contributed by atoms with Crippen molar-refractivity contribution in [2.24, 2.45) is 5.16 Å². The van der Waals surface area contributed by atoms with Gasteiger partial charge in [-0.15, -0.1) is 11.3 Å². The van der Waals surface area contributed by atoms with Crippen LogP contribution in [-0.4, -0.2) is 44.7 Å². The second-order valence-corrected chi connectivity index (χ2v) is 13.9. The second kappa shape index (κ2) is 15.8. The molecule has 2 N–H and O–H groups in total. The third-order valence-electron chi connectivity index (χ3n) is 7.03. The maximum atomic E-state index is 13.2. The van der Waals surface area contributed by atoms with Gasteiger partial charge in [0.25, 0.3) is 5.44 Å². The number of aliphatic carboxylic acids is 1. The van der Waals surface area contributed by atoms with Crippen LogP contribution in [0.3, 0.4) is 0 Å². The van der Waals surface area contributed by atoms with E-state index in [9.17, 15) is 19.5 Å². The van der Waals surface area contributed by atoms with Gasteiger partial charge in [0.15, 0.2) is 5.13 Å². The van der Waals surface area contributed by atoms with E-state index in [2.05, 4.69) is 15.5 Å². The lowest BCUT2D eigenvalue weighted by atomic mass is 9.77. The Kier molecular flexibility index (Phi) is 11.3. The van der Waals surface area contributed by atoms with E-state index in [4.69, 9.17) is 14.3 Å². The summed E-state index contributed by atoms with van der Waals surface area (Å²) < 4.78 is 10.6. The van der Waals surface area contributed by atoms with Gasteiger partial charge in [0.1, 0.15) is 22.6 Å². The number of nitrogens with zero attached hydrogens (tertiary/aromatic N) is 2. The van der Waals surface area contributed by atoms with Crippen molar-refractivity contribution in [3.8, 4) is 5.75 Å². The third kappa shape index (κ3) is 8.95. The van der Waals surface area contributed by atoms with Gasteiger partial charge in [0, 0.05) is 17.2 Å². The summed E-state index contributed by atoms with van der Waals surface area (Å²) in [5, 5.41) is 19.7. The molecule has 0 aliphatic heterocycles. The lowest BCUT2D eigenvalue weighted by Crippen LogP contribution is -2.38. The summed E-state index contributed by atoms with van der Waals surface area (Å²) in [5.74, 6) is -2.31. The molecule has 0 radical (unpaired) electrons. The van der Waals surface area contributed by atoms with E-state index < -0.39 is 40.2 Å². The van der Waals surface area contributed by atoms with Crippen molar-refractivity contribution in [2.45, 2.75) is 49.2 Å². The van der Waals surface area contributed by atoms with Crippen LogP contribution in [0.25, 0.3) is 0 Å². The van der Waals surface area contributed by atoms with Crippen LogP contribution >= 0.6 is 23.1 Å². The molecule has 10 nitrogen and oxygen atoms in total. The Balaban J connectivity index is 1.48. The van der Waals surface area contributed by atoms with Gasteiger partial charge in [-0.25, -0.2) is 14.6 Å². The van der Waals surface area contributed by atoms with E-state index >= 15 is 0 Å². The molecule has 0 spiro atoms. The molecule has 0 saturated heterocycles. The first-order chi connectivity index (χ1) is 23.9. The summed E-state index contributed by atoms with van der Waals surface area (Å²) in [5.41, 5.74) is -0.741. The summed E-state index contributed by atoms with van der Waals surface area (Å²) in [7, 11) is 0. The number of ether oxygens (including phenoxy) is 2. The van der Waals surface area contributed by atoms with Crippen molar-refractivity contribution >= 4 is 51.8 Å². The third-order valence-corrected chi connectivity index (χ3v) is 8.83. The van der Waals surface area contributed by atoms with Crippen LogP contribution in [-0.2, 0) is 29.5 Å². The quantitative estimate of drug-likeness (QED) is 0.0238. The highest BCUT2D eigenvalue weighted by atomic mass is 32.2. The normalized spacial score (nSPS) is 12.4. The van der Waals surface area contributed by atoms with Crippen LogP contribution in [0.15, 0.2) is 131 Å². The smallest absolute Gasteiger partial charge is 0.361 e. The molecule has 0 aliphatic carbocycles. The van der Waals surface area contributed by atoms with E-state index in [0.29, 0.717) is 15.8 Å². The number of esters is 2. The van der Waals surface area contributed by atoms with Crippen molar-refractivity contribution in [3.63, 3.8) is 0 Å². The number of carbonyl (C=O) groups excluding carboxylic acids is 2. The van der Waals surface area contributed by atoms with Gasteiger partial charge in [-0.1, -0.05) is 108 Å². The molecular formula is C38H35N3O7S2. The average Bonchev–Trinajstić information content (AvgIpc) is 3.55. The number of anilines is 1. The minimum Gasteiger partial charge on any atom is -0.476 e. The lowest BCUT2D eigenvalue weighted by molar-refractivity contribution is -0.162. The monoisotopic (exact) mass is 709 g/mol. The first kappa shape index (κ1) is 35.8. The highest BCUT2D eigenvalue weighted by Gasteiger charge is 2.37. The number of rotatable bonds is 13. The molecule has 4 aromatic carbocycles. The highest BCUT2D eigenvalue weighted by Crippen LogP contribution is 2.40. The molecule has 1 atom stereocenters. The minimum atomic E-state index is -1.40. The Morgan fingerprint density at radius 1 is 0.820 bits per heavy atom. The van der Waals surface area contributed by atoms with Crippen molar-refractivity contribution in [2.75, 3.05) is 5.32 Å². The van der Waals surface area contributed by atoms with Crippen molar-refractivity contribution in [1.82, 2.24) is 4.98 Å². The first-order valence-corrected chi connectivity index (χ1v) is 17.3. The fourth-order valence-corrected chi connectivity index (χ4v) is 6.54. The van der Waals surface area contributed by atoms with Crippen LogP contribution in [0.2, 0.25) is 0 Å². The summed E-state index contributed by atoms with van der Waals surface area (Å²) >= 11 is 2.16. The Morgan fingerprint density at radius 3 is 1.80 bits per heavy atom. The van der Waals surface area contributed by atoms with Crippen LogP contribution in [0, 0.1) is 0 Å². The molecule has 5 aromatic rings. The number of thiazole rings is 1. The molecular weight excluding hydrogens is 675 g/mol. The molecule has 0 amide bonds. The number of hydrogen-bond acceptors (Lipinski definition) is 11. The SMILES string of the molecule is CC(=O)Oc1ccc(SC(ON=C(C(=O)O)c2csc(NC(c3ccccc3)(c3ccccc3)c3ccccc3)n2)C(=O)OC(C)(C)C)cc1. The molecule has 0 saturated carbocycles. The second-order valence-electron chi connectivity index (χ2n) is 11.9. The van der Waals surface area contributed by atoms with Crippen molar-refractivity contribution in [3.05, 3.63) is 143 Å². The number of oxime groups is 1. The Bertz CT molecular complexity index is 1850. The maximum Gasteiger partial charge on any atom is 0.361 e. The summed E-state index contributed by atoms with van der Waals surface area (Å²) in [4.78, 5) is 47.8. The van der Waals surface area contributed by atoms with E-state index in [1.807, 2.05) is 91.0 Å². The number of carboxylic acid groups (broad SMARTS) is 1. The number of hydrogen-bond donors (Lipinski definition) is 2. The zero-order chi connectivity index (χ0) is 35.7. The predicted octanol–water partition coefficient (Wildman–Crippen LogP) is 7.74. The molecule has 12 heteroatoms. The molecule has 5 rings (SSSR count). The topological polar surface area (TPSA) is 136 Å². The number of carboxylic acids is 1. The van der Waals surface area contributed by atoms with Crippen LogP contribution in [0.5, 0.6) is 5.75 Å². The number of aromatic nitrogens is 1. The van der Waals surface area contributed by atoms with Crippen molar-refractivity contribution < 1.29 is 33.8 Å². The summed E-state index contributed by atoms with van der Waals surface area (Å²) in [6.45, 7) is 6.41. The summed E-state index contributed by atoms with van der Waals surface area (Å²) in [6, 6.07) is 36.2. The standard InChI is InChI=1S/C38H35N3O7S2/c1-25(42)46-29-20-22-30(23-21-29)50-35(34(45)47-37(2,3)4)48-41-32(33(43)44)31-24-49-36(39-31)40-38(26-14-8-5-9-15-26,27-16-10-6-11-17-27)28-18-12-7-13-19-28/h5-24,35H,1-4H3,(H,39,40)(H,43,44). The molecule has 0 aliphatic rings. The Morgan fingerprint density at radius 2 is 1.34 bits per heavy atom. The average molecular weight is 710 g/mol. The van der Waals surface area contributed by atoms with Crippen LogP contribution in [0.4, 0.5) is 5.13 Å². The zero-order valence-corrected chi connectivity index (χ0v) is 29.4. The maximum absolute atomic E-state index is 13.2. The van der Waals surface area contributed by atoms with E-state index in [0.717, 1.165) is 28.5 Å². The molecule has 1 heterocycles. The Hall–Kier alpha value is -5.46. The first-order valence-electron chi connectivity index (χ1n) is 15.5. The number of nitrogens with one attached hydrogen (secondary N) is 1. The van der Waals surface area contributed by atoms with Crippen LogP contribution in [0.1, 0.15) is 50.1 Å². The molecule has 256 valence electrons. The van der Waals surface area contributed by atoms with Crippen molar-refractivity contribution in [1.29, 1.82) is 0 Å². The Labute approximate surface area is 298 Å².